The van der Waals surface area contributed by atoms with Crippen molar-refractivity contribution in [3.8, 4) is 0 Å². The maximum atomic E-state index is 11.3. The summed E-state index contributed by atoms with van der Waals surface area (Å²) in [6.45, 7) is 2.56. The van der Waals surface area contributed by atoms with Crippen molar-refractivity contribution in [3.05, 3.63) is 34.9 Å². The first-order chi connectivity index (χ1) is 10.5. The molecule has 2 atom stereocenters. The normalized spacial score (nSPS) is 19.2. The standard InChI is InChI=1S/C16H19ClN4O/c1-9(18)12-7-10-3-2-4-13(17)15(10)21-16(12)19-8-11-5-6-14(22)20-11/h2-4,7,9,11H,5-6,8,18H2,1H3,(H,19,21)(H,20,22). The number of rotatable bonds is 4. The van der Waals surface area contributed by atoms with Crippen LogP contribution in [0.15, 0.2) is 24.3 Å². The van der Waals surface area contributed by atoms with Gasteiger partial charge in [0.1, 0.15) is 5.82 Å². The topological polar surface area (TPSA) is 80.0 Å². The van der Waals surface area contributed by atoms with Gasteiger partial charge in [-0.15, -0.1) is 0 Å². The second kappa shape index (κ2) is 6.10. The summed E-state index contributed by atoms with van der Waals surface area (Å²) in [5.41, 5.74) is 7.77. The first-order valence-corrected chi connectivity index (χ1v) is 7.80. The SMILES string of the molecule is CC(N)c1cc2cccc(Cl)c2nc1NCC1CCC(=O)N1. The largest absolute Gasteiger partial charge is 0.368 e. The van der Waals surface area contributed by atoms with Crippen molar-refractivity contribution in [2.45, 2.75) is 31.8 Å². The number of amides is 1. The van der Waals surface area contributed by atoms with E-state index in [1.165, 1.54) is 0 Å². The number of nitrogens with one attached hydrogen (secondary N) is 2. The molecule has 2 aromatic rings. The smallest absolute Gasteiger partial charge is 0.220 e. The number of carbonyl (C=O) groups excluding carboxylic acids is 1. The molecule has 116 valence electrons. The molecule has 1 aliphatic heterocycles. The average molecular weight is 319 g/mol. The van der Waals surface area contributed by atoms with Crippen LogP contribution in [-0.4, -0.2) is 23.5 Å². The molecule has 0 spiro atoms. The fraction of sp³-hybridized carbons (Fsp3) is 0.375. The second-order valence-electron chi connectivity index (χ2n) is 5.71. The summed E-state index contributed by atoms with van der Waals surface area (Å²) in [6.07, 6.45) is 1.43. The van der Waals surface area contributed by atoms with E-state index in [0.717, 1.165) is 28.7 Å². The fourth-order valence-electron chi connectivity index (χ4n) is 2.72. The van der Waals surface area contributed by atoms with Gasteiger partial charge in [0.15, 0.2) is 0 Å². The lowest BCUT2D eigenvalue weighted by molar-refractivity contribution is -0.119. The van der Waals surface area contributed by atoms with Crippen molar-refractivity contribution in [2.75, 3.05) is 11.9 Å². The molecule has 1 aliphatic rings. The van der Waals surface area contributed by atoms with Gasteiger partial charge >= 0.3 is 0 Å². The molecule has 22 heavy (non-hydrogen) atoms. The maximum Gasteiger partial charge on any atom is 0.220 e. The predicted octanol–water partition coefficient (Wildman–Crippen LogP) is 2.60. The van der Waals surface area contributed by atoms with E-state index in [2.05, 4.69) is 15.6 Å². The number of hydrogen-bond acceptors (Lipinski definition) is 4. The second-order valence-corrected chi connectivity index (χ2v) is 6.12. The number of fused-ring (bicyclic) bond motifs is 1. The van der Waals surface area contributed by atoms with E-state index >= 15 is 0 Å². The van der Waals surface area contributed by atoms with Gasteiger partial charge in [-0.3, -0.25) is 4.79 Å². The lowest BCUT2D eigenvalue weighted by atomic mass is 10.1. The van der Waals surface area contributed by atoms with Crippen LogP contribution in [0, 0.1) is 0 Å². The van der Waals surface area contributed by atoms with Gasteiger partial charge in [0.25, 0.3) is 0 Å². The molecule has 0 bridgehead atoms. The van der Waals surface area contributed by atoms with Crippen LogP contribution >= 0.6 is 11.6 Å². The summed E-state index contributed by atoms with van der Waals surface area (Å²) in [6, 6.07) is 7.71. The molecule has 1 fully saturated rings. The molecule has 1 aromatic heterocycles. The van der Waals surface area contributed by atoms with Crippen LogP contribution in [0.3, 0.4) is 0 Å². The van der Waals surface area contributed by atoms with Crippen molar-refractivity contribution < 1.29 is 4.79 Å². The maximum absolute atomic E-state index is 11.3. The number of hydrogen-bond donors (Lipinski definition) is 3. The quantitative estimate of drug-likeness (QED) is 0.809. The molecule has 0 radical (unpaired) electrons. The van der Waals surface area contributed by atoms with E-state index in [1.54, 1.807) is 0 Å². The molecule has 3 rings (SSSR count). The van der Waals surface area contributed by atoms with Crippen molar-refractivity contribution in [3.63, 3.8) is 0 Å². The van der Waals surface area contributed by atoms with Crippen LogP contribution < -0.4 is 16.4 Å². The number of carbonyl (C=O) groups is 1. The molecule has 4 N–H and O–H groups in total. The Morgan fingerprint density at radius 1 is 1.55 bits per heavy atom. The minimum Gasteiger partial charge on any atom is -0.368 e. The zero-order chi connectivity index (χ0) is 15.7. The summed E-state index contributed by atoms with van der Waals surface area (Å²) in [5.74, 6) is 0.838. The van der Waals surface area contributed by atoms with Crippen molar-refractivity contribution in [2.24, 2.45) is 5.73 Å². The number of nitrogens with zero attached hydrogens (tertiary/aromatic N) is 1. The van der Waals surface area contributed by atoms with Crippen LogP contribution in [0.4, 0.5) is 5.82 Å². The van der Waals surface area contributed by atoms with Crippen molar-refractivity contribution >= 4 is 34.2 Å². The van der Waals surface area contributed by atoms with E-state index in [1.807, 2.05) is 31.2 Å². The number of para-hydroxylation sites is 1. The Labute approximate surface area is 134 Å². The van der Waals surface area contributed by atoms with Crippen LogP contribution in [-0.2, 0) is 4.79 Å². The van der Waals surface area contributed by atoms with Gasteiger partial charge in [-0.1, -0.05) is 23.7 Å². The zero-order valence-electron chi connectivity index (χ0n) is 12.4. The molecule has 2 unspecified atom stereocenters. The van der Waals surface area contributed by atoms with Crippen LogP contribution in [0.5, 0.6) is 0 Å². The molecular formula is C16H19ClN4O. The molecule has 6 heteroatoms. The Balaban J connectivity index is 1.90. The summed E-state index contributed by atoms with van der Waals surface area (Å²) >= 11 is 6.23. The molecule has 5 nitrogen and oxygen atoms in total. The highest BCUT2D eigenvalue weighted by atomic mass is 35.5. The Morgan fingerprint density at radius 2 is 2.36 bits per heavy atom. The van der Waals surface area contributed by atoms with E-state index in [4.69, 9.17) is 17.3 Å². The van der Waals surface area contributed by atoms with Crippen molar-refractivity contribution in [1.82, 2.24) is 10.3 Å². The van der Waals surface area contributed by atoms with Crippen molar-refractivity contribution in [1.29, 1.82) is 0 Å². The van der Waals surface area contributed by atoms with Gasteiger partial charge in [0.2, 0.25) is 5.91 Å². The van der Waals surface area contributed by atoms with Gasteiger partial charge < -0.3 is 16.4 Å². The highest BCUT2D eigenvalue weighted by Crippen LogP contribution is 2.28. The number of aromatic nitrogens is 1. The van der Waals surface area contributed by atoms with E-state index in [9.17, 15) is 4.79 Å². The first-order valence-electron chi connectivity index (χ1n) is 7.42. The summed E-state index contributed by atoms with van der Waals surface area (Å²) in [4.78, 5) is 15.9. The first kappa shape index (κ1) is 15.1. The molecule has 0 saturated carbocycles. The minimum absolute atomic E-state index is 0.105. The fourth-order valence-corrected chi connectivity index (χ4v) is 2.94. The number of pyridine rings is 1. The lowest BCUT2D eigenvalue weighted by Gasteiger charge is -2.17. The third kappa shape index (κ3) is 3.00. The lowest BCUT2D eigenvalue weighted by Crippen LogP contribution is -2.32. The number of nitrogens with two attached hydrogens (primary N) is 1. The van der Waals surface area contributed by atoms with Gasteiger partial charge in [0.05, 0.1) is 10.5 Å². The van der Waals surface area contributed by atoms with Gasteiger partial charge in [-0.05, 0) is 25.5 Å². The van der Waals surface area contributed by atoms with E-state index < -0.39 is 0 Å². The Kier molecular flexibility index (Phi) is 4.18. The average Bonchev–Trinajstić information content (AvgIpc) is 2.90. The van der Waals surface area contributed by atoms with Gasteiger partial charge in [-0.2, -0.15) is 0 Å². The number of halogens is 1. The van der Waals surface area contributed by atoms with Crippen LogP contribution in [0.1, 0.15) is 31.4 Å². The third-order valence-corrected chi connectivity index (χ3v) is 4.22. The summed E-state index contributed by atoms with van der Waals surface area (Å²) in [5, 5.41) is 7.84. The molecule has 1 saturated heterocycles. The van der Waals surface area contributed by atoms with Crippen LogP contribution in [0.2, 0.25) is 5.02 Å². The Hall–Kier alpha value is -1.85. The summed E-state index contributed by atoms with van der Waals surface area (Å²) < 4.78 is 0. The molecular weight excluding hydrogens is 300 g/mol. The molecule has 1 aromatic carbocycles. The number of anilines is 1. The Bertz CT molecular complexity index is 717. The molecule has 1 amide bonds. The highest BCUT2D eigenvalue weighted by Gasteiger charge is 2.21. The Morgan fingerprint density at radius 3 is 3.05 bits per heavy atom. The van der Waals surface area contributed by atoms with Crippen LogP contribution in [0.25, 0.3) is 10.9 Å². The predicted molar refractivity (Wildman–Crippen MR) is 89.0 cm³/mol. The van der Waals surface area contributed by atoms with E-state index in [0.29, 0.717) is 18.0 Å². The molecule has 0 aliphatic carbocycles. The third-order valence-electron chi connectivity index (χ3n) is 3.92. The van der Waals surface area contributed by atoms with Gasteiger partial charge in [0, 0.05) is 36.0 Å². The van der Waals surface area contributed by atoms with E-state index in [-0.39, 0.29) is 18.0 Å². The summed E-state index contributed by atoms with van der Waals surface area (Å²) in [7, 11) is 0. The molecule has 2 heterocycles. The zero-order valence-corrected chi connectivity index (χ0v) is 13.2. The van der Waals surface area contributed by atoms with Gasteiger partial charge in [-0.25, -0.2) is 4.98 Å². The number of benzene rings is 1. The monoisotopic (exact) mass is 318 g/mol. The minimum atomic E-state index is -0.142. The highest BCUT2D eigenvalue weighted by molar-refractivity contribution is 6.35.